The van der Waals surface area contributed by atoms with Gasteiger partial charge in [0, 0.05) is 26.2 Å². The molecule has 1 aliphatic heterocycles. The normalized spacial score (nSPS) is 15.5. The van der Waals surface area contributed by atoms with Crippen LogP contribution in [0.25, 0.3) is 32.3 Å². The number of piperazine rings is 1. The second-order valence-electron chi connectivity index (χ2n) is 7.61. The predicted molar refractivity (Wildman–Crippen MR) is 132 cm³/mol. The van der Waals surface area contributed by atoms with Crippen molar-refractivity contribution in [1.82, 2.24) is 19.3 Å². The molecule has 166 valence electrons. The average Bonchev–Trinajstić information content (AvgIpc) is 3.52. The average molecular weight is 486 g/mol. The van der Waals surface area contributed by atoms with Gasteiger partial charge in [-0.1, -0.05) is 19.1 Å². The first kappa shape index (κ1) is 21.4. The van der Waals surface area contributed by atoms with Crippen LogP contribution in [-0.2, 0) is 10.0 Å². The SMILES string of the molecule is CCCS(=O)(=O)N1CCN(c2cnc3nc(-c4cccs4)c(-c4cccs4)nc3c2)CC1. The minimum absolute atomic E-state index is 0.207. The number of thiophene rings is 2. The molecule has 0 unspecified atom stereocenters. The zero-order valence-corrected chi connectivity index (χ0v) is 20.1. The maximum atomic E-state index is 12.4. The fourth-order valence-corrected chi connectivity index (χ4v) is 6.81. The summed E-state index contributed by atoms with van der Waals surface area (Å²) in [6, 6.07) is 10.2. The molecule has 5 rings (SSSR count). The molecule has 0 amide bonds. The van der Waals surface area contributed by atoms with Crippen LogP contribution in [0.5, 0.6) is 0 Å². The Morgan fingerprint density at radius 3 is 2.22 bits per heavy atom. The number of fused-ring (bicyclic) bond motifs is 1. The van der Waals surface area contributed by atoms with E-state index in [1.165, 1.54) is 0 Å². The number of nitrogens with zero attached hydrogens (tertiary/aromatic N) is 5. The fourth-order valence-electron chi connectivity index (χ4n) is 3.89. The largest absolute Gasteiger partial charge is 0.368 e. The molecule has 4 aromatic heterocycles. The Morgan fingerprint density at radius 1 is 0.969 bits per heavy atom. The molecule has 0 N–H and O–H groups in total. The Morgan fingerprint density at radius 2 is 1.62 bits per heavy atom. The summed E-state index contributed by atoms with van der Waals surface area (Å²) in [5.74, 6) is 0.207. The molecule has 0 spiro atoms. The minimum Gasteiger partial charge on any atom is -0.368 e. The Kier molecular flexibility index (Phi) is 5.93. The topological polar surface area (TPSA) is 79.3 Å². The van der Waals surface area contributed by atoms with Gasteiger partial charge in [0.15, 0.2) is 5.65 Å². The lowest BCUT2D eigenvalue weighted by Gasteiger charge is -2.35. The van der Waals surface area contributed by atoms with Crippen molar-refractivity contribution in [1.29, 1.82) is 0 Å². The standard InChI is InChI=1S/C22H23N5O2S3/c1-2-13-32(28,29)27-9-7-26(8-10-27)16-14-17-22(23-15-16)25-21(19-6-4-12-31-19)20(24-17)18-5-3-11-30-18/h3-6,11-12,14-15H,2,7-10,13H2,1H3. The molecule has 0 bridgehead atoms. The van der Waals surface area contributed by atoms with E-state index in [-0.39, 0.29) is 5.75 Å². The number of anilines is 1. The lowest BCUT2D eigenvalue weighted by molar-refractivity contribution is 0.384. The van der Waals surface area contributed by atoms with Gasteiger partial charge < -0.3 is 4.90 Å². The highest BCUT2D eigenvalue weighted by atomic mass is 32.2. The van der Waals surface area contributed by atoms with Crippen LogP contribution in [0.4, 0.5) is 5.69 Å². The number of sulfonamides is 1. The summed E-state index contributed by atoms with van der Waals surface area (Å²) in [4.78, 5) is 18.7. The van der Waals surface area contributed by atoms with Gasteiger partial charge in [0.05, 0.1) is 27.4 Å². The first-order valence-electron chi connectivity index (χ1n) is 10.5. The van der Waals surface area contributed by atoms with Gasteiger partial charge in [-0.05, 0) is 35.4 Å². The van der Waals surface area contributed by atoms with E-state index >= 15 is 0 Å². The second-order valence-corrected chi connectivity index (χ2v) is 11.6. The zero-order chi connectivity index (χ0) is 22.1. The molecule has 0 aromatic carbocycles. The summed E-state index contributed by atoms with van der Waals surface area (Å²) in [5.41, 5.74) is 4.02. The molecule has 7 nitrogen and oxygen atoms in total. The van der Waals surface area contributed by atoms with Gasteiger partial charge in [-0.15, -0.1) is 22.7 Å². The summed E-state index contributed by atoms with van der Waals surface area (Å²) >= 11 is 3.28. The molecule has 0 atom stereocenters. The summed E-state index contributed by atoms with van der Waals surface area (Å²) in [6.07, 6.45) is 2.45. The highest BCUT2D eigenvalue weighted by molar-refractivity contribution is 7.89. The van der Waals surface area contributed by atoms with Crippen LogP contribution >= 0.6 is 22.7 Å². The summed E-state index contributed by atoms with van der Waals surface area (Å²) < 4.78 is 26.3. The van der Waals surface area contributed by atoms with Crippen molar-refractivity contribution in [2.75, 3.05) is 36.8 Å². The van der Waals surface area contributed by atoms with Crippen LogP contribution in [0.3, 0.4) is 0 Å². The van der Waals surface area contributed by atoms with Crippen molar-refractivity contribution in [2.45, 2.75) is 13.3 Å². The van der Waals surface area contributed by atoms with Crippen molar-refractivity contribution < 1.29 is 8.42 Å². The molecular formula is C22H23N5O2S3. The van der Waals surface area contributed by atoms with E-state index in [2.05, 4.69) is 22.0 Å². The monoisotopic (exact) mass is 485 g/mol. The van der Waals surface area contributed by atoms with E-state index in [1.54, 1.807) is 27.0 Å². The molecule has 0 radical (unpaired) electrons. The number of hydrogen-bond acceptors (Lipinski definition) is 8. The fraction of sp³-hybridized carbons (Fsp3) is 0.318. The summed E-state index contributed by atoms with van der Waals surface area (Å²) in [6.45, 7) is 4.14. The van der Waals surface area contributed by atoms with Crippen LogP contribution in [0.2, 0.25) is 0 Å². The molecule has 1 fully saturated rings. The molecule has 32 heavy (non-hydrogen) atoms. The van der Waals surface area contributed by atoms with E-state index in [0.29, 0.717) is 38.2 Å². The van der Waals surface area contributed by atoms with Crippen LogP contribution in [0.15, 0.2) is 47.3 Å². The van der Waals surface area contributed by atoms with Crippen molar-refractivity contribution in [3.63, 3.8) is 0 Å². The molecule has 1 aliphatic rings. The Hall–Kier alpha value is -2.40. The zero-order valence-electron chi connectivity index (χ0n) is 17.6. The van der Waals surface area contributed by atoms with Crippen LogP contribution < -0.4 is 4.90 Å². The summed E-state index contributed by atoms with van der Waals surface area (Å²) in [5, 5.41) is 4.08. The number of pyridine rings is 1. The van der Waals surface area contributed by atoms with Crippen LogP contribution in [0, 0.1) is 0 Å². The van der Waals surface area contributed by atoms with Gasteiger partial charge in [0.1, 0.15) is 16.9 Å². The van der Waals surface area contributed by atoms with Gasteiger partial charge in [-0.3, -0.25) is 0 Å². The lowest BCUT2D eigenvalue weighted by atomic mass is 10.2. The quantitative estimate of drug-likeness (QED) is 0.404. The molecule has 1 saturated heterocycles. The van der Waals surface area contributed by atoms with Crippen molar-refractivity contribution >= 4 is 49.5 Å². The Labute approximate surface area is 195 Å². The van der Waals surface area contributed by atoms with Gasteiger partial charge in [0.25, 0.3) is 0 Å². The number of rotatable bonds is 6. The third kappa shape index (κ3) is 4.15. The molecule has 4 aromatic rings. The highest BCUT2D eigenvalue weighted by Crippen LogP contribution is 2.35. The number of aromatic nitrogens is 3. The van der Waals surface area contributed by atoms with Gasteiger partial charge in [0.2, 0.25) is 10.0 Å². The predicted octanol–water partition coefficient (Wildman–Crippen LogP) is 4.34. The van der Waals surface area contributed by atoms with Crippen molar-refractivity contribution in [3.8, 4) is 21.1 Å². The maximum absolute atomic E-state index is 12.4. The smallest absolute Gasteiger partial charge is 0.214 e. The second kappa shape index (κ2) is 8.86. The summed E-state index contributed by atoms with van der Waals surface area (Å²) in [7, 11) is -3.16. The van der Waals surface area contributed by atoms with Gasteiger partial charge in [-0.25, -0.2) is 23.4 Å². The molecule has 5 heterocycles. The Balaban J connectivity index is 1.47. The third-order valence-corrected chi connectivity index (χ3v) is 9.30. The van der Waals surface area contributed by atoms with E-state index in [4.69, 9.17) is 9.97 Å². The van der Waals surface area contributed by atoms with Gasteiger partial charge in [-0.2, -0.15) is 4.31 Å². The molecule has 0 aliphatic carbocycles. The first-order valence-corrected chi connectivity index (χ1v) is 13.9. The third-order valence-electron chi connectivity index (χ3n) is 5.48. The minimum atomic E-state index is -3.16. The maximum Gasteiger partial charge on any atom is 0.214 e. The van der Waals surface area contributed by atoms with Crippen molar-refractivity contribution in [3.05, 3.63) is 47.3 Å². The van der Waals surface area contributed by atoms with Crippen LogP contribution in [-0.4, -0.2) is 59.6 Å². The molecular weight excluding hydrogens is 462 g/mol. The van der Waals surface area contributed by atoms with Gasteiger partial charge >= 0.3 is 0 Å². The van der Waals surface area contributed by atoms with Crippen LogP contribution in [0.1, 0.15) is 13.3 Å². The van der Waals surface area contributed by atoms with E-state index < -0.39 is 10.0 Å². The first-order chi connectivity index (χ1) is 15.5. The van der Waals surface area contributed by atoms with E-state index in [0.717, 1.165) is 32.3 Å². The number of hydrogen-bond donors (Lipinski definition) is 0. The van der Waals surface area contributed by atoms with E-state index in [9.17, 15) is 8.42 Å². The molecule has 0 saturated carbocycles. The van der Waals surface area contributed by atoms with Crippen molar-refractivity contribution in [2.24, 2.45) is 0 Å². The Bertz CT molecular complexity index is 1310. The highest BCUT2D eigenvalue weighted by Gasteiger charge is 2.26. The lowest BCUT2D eigenvalue weighted by Crippen LogP contribution is -2.49. The molecule has 10 heteroatoms. The van der Waals surface area contributed by atoms with E-state index in [1.807, 2.05) is 42.1 Å².